The van der Waals surface area contributed by atoms with Gasteiger partial charge in [-0.15, -0.1) is 0 Å². The SMILES string of the molecule is COc1cccc(C2CC(C(F)(F)F)n3ncc(C(=O)NC45CC6CCCC(C4)C(C6)C5)c3N2)c1. The lowest BCUT2D eigenvalue weighted by atomic mass is 9.75. The van der Waals surface area contributed by atoms with Crippen LogP contribution in [0.1, 0.15) is 79.4 Å². The summed E-state index contributed by atoms with van der Waals surface area (Å²) in [6, 6.07) is 4.57. The molecule has 0 radical (unpaired) electrons. The number of anilines is 1. The highest BCUT2D eigenvalue weighted by Crippen LogP contribution is 2.55. The Hall–Kier alpha value is -2.71. The lowest BCUT2D eigenvalue weighted by Crippen LogP contribution is -2.50. The molecular formula is C26H31F3N4O2. The van der Waals surface area contributed by atoms with Crippen molar-refractivity contribution >= 4 is 11.7 Å². The molecule has 3 saturated carbocycles. The van der Waals surface area contributed by atoms with Gasteiger partial charge in [0.25, 0.3) is 5.91 Å². The van der Waals surface area contributed by atoms with Crippen molar-refractivity contribution in [2.24, 2.45) is 17.8 Å². The number of alkyl halides is 3. The summed E-state index contributed by atoms with van der Waals surface area (Å²) in [5.74, 6) is 2.31. The summed E-state index contributed by atoms with van der Waals surface area (Å²) >= 11 is 0. The molecular weight excluding hydrogens is 457 g/mol. The van der Waals surface area contributed by atoms with Crippen molar-refractivity contribution in [3.8, 4) is 5.75 Å². The fourth-order valence-corrected chi connectivity index (χ4v) is 7.42. The number of carbonyl (C=O) groups is 1. The molecule has 2 heterocycles. The van der Waals surface area contributed by atoms with Crippen molar-refractivity contribution in [2.45, 2.75) is 75.2 Å². The first kappa shape index (κ1) is 22.7. The van der Waals surface area contributed by atoms with Crippen LogP contribution >= 0.6 is 0 Å². The van der Waals surface area contributed by atoms with Gasteiger partial charge in [0.15, 0.2) is 6.04 Å². The third-order valence-corrected chi connectivity index (χ3v) is 8.83. The van der Waals surface area contributed by atoms with Crippen molar-refractivity contribution in [1.29, 1.82) is 0 Å². The van der Waals surface area contributed by atoms with E-state index >= 15 is 0 Å². The largest absolute Gasteiger partial charge is 0.497 e. The number of benzene rings is 1. The number of amides is 1. The first-order chi connectivity index (χ1) is 16.7. The average molecular weight is 489 g/mol. The summed E-state index contributed by atoms with van der Waals surface area (Å²) in [7, 11) is 1.52. The number of carbonyl (C=O) groups excluding carboxylic acids is 1. The lowest BCUT2D eigenvalue weighted by molar-refractivity contribution is -0.173. The van der Waals surface area contributed by atoms with Crippen LogP contribution in [-0.4, -0.2) is 34.5 Å². The summed E-state index contributed by atoms with van der Waals surface area (Å²) in [5, 5.41) is 10.5. The normalized spacial score (nSPS) is 33.5. The zero-order valence-electron chi connectivity index (χ0n) is 19.8. The number of aromatic nitrogens is 2. The van der Waals surface area contributed by atoms with E-state index in [-0.39, 0.29) is 29.2 Å². The molecule has 2 N–H and O–H groups in total. The summed E-state index contributed by atoms with van der Waals surface area (Å²) < 4.78 is 48.4. The summed E-state index contributed by atoms with van der Waals surface area (Å²) in [6.07, 6.45) is 4.46. The van der Waals surface area contributed by atoms with Gasteiger partial charge in [0.2, 0.25) is 0 Å². The quantitative estimate of drug-likeness (QED) is 0.585. The van der Waals surface area contributed by atoms with Gasteiger partial charge in [-0.2, -0.15) is 18.3 Å². The standard InChI is InChI=1S/C26H31F3N4O2/c1-35-19-7-3-5-16(9-19)21-10-22(26(27,28)29)33-23(31-21)20(14-30-33)24(34)32-25-11-15-4-2-6-17(12-25)18(8-15)13-25/h3,5,7,9,14-15,17-18,21-22,31H,2,4,6,8,10-13H2,1H3,(H,32,34). The van der Waals surface area contributed by atoms with Gasteiger partial charge in [-0.1, -0.05) is 31.4 Å². The highest BCUT2D eigenvalue weighted by Gasteiger charge is 2.53. The minimum absolute atomic E-state index is 0.130. The van der Waals surface area contributed by atoms with Crippen LogP contribution in [0.3, 0.4) is 0 Å². The summed E-state index contributed by atoms with van der Waals surface area (Å²) in [4.78, 5) is 13.5. The van der Waals surface area contributed by atoms with Gasteiger partial charge in [0.05, 0.1) is 19.3 Å². The number of methoxy groups -OCH3 is 1. The second kappa shape index (κ2) is 8.17. The molecule has 6 unspecified atom stereocenters. The molecule has 1 amide bonds. The van der Waals surface area contributed by atoms with Gasteiger partial charge in [0, 0.05) is 12.0 Å². The Labute approximate surface area is 202 Å². The summed E-state index contributed by atoms with van der Waals surface area (Å²) in [6.45, 7) is 0. The van der Waals surface area contributed by atoms with Crippen LogP contribution in [0.5, 0.6) is 5.75 Å². The van der Waals surface area contributed by atoms with Crippen molar-refractivity contribution in [3.05, 3.63) is 41.6 Å². The number of hydrogen-bond donors (Lipinski definition) is 2. The lowest BCUT2D eigenvalue weighted by Gasteiger charge is -2.39. The molecule has 4 aliphatic rings. The Bertz CT molecular complexity index is 1130. The molecule has 1 aromatic heterocycles. The monoisotopic (exact) mass is 488 g/mol. The molecule has 9 heteroatoms. The maximum atomic E-state index is 14.1. The first-order valence-electron chi connectivity index (χ1n) is 12.6. The van der Waals surface area contributed by atoms with Crippen molar-refractivity contribution in [2.75, 3.05) is 12.4 Å². The molecule has 3 bridgehead atoms. The van der Waals surface area contributed by atoms with Gasteiger partial charge in [-0.25, -0.2) is 4.68 Å². The molecule has 188 valence electrons. The molecule has 1 aliphatic heterocycles. The number of halogens is 3. The van der Waals surface area contributed by atoms with E-state index in [1.807, 2.05) is 0 Å². The van der Waals surface area contributed by atoms with Crippen LogP contribution in [0.4, 0.5) is 19.0 Å². The van der Waals surface area contributed by atoms with E-state index in [4.69, 9.17) is 4.74 Å². The van der Waals surface area contributed by atoms with E-state index in [9.17, 15) is 18.0 Å². The Morgan fingerprint density at radius 3 is 2.83 bits per heavy atom. The minimum Gasteiger partial charge on any atom is -0.497 e. The number of fused-ring (bicyclic) bond motifs is 3. The molecule has 6 rings (SSSR count). The zero-order chi connectivity index (χ0) is 24.4. The minimum atomic E-state index is -4.49. The second-order valence-electron chi connectivity index (χ2n) is 11.0. The molecule has 1 aromatic carbocycles. The average Bonchev–Trinajstić information content (AvgIpc) is 3.31. The second-order valence-corrected chi connectivity index (χ2v) is 11.0. The number of nitrogens with one attached hydrogen (secondary N) is 2. The third-order valence-electron chi connectivity index (χ3n) is 8.83. The highest BCUT2D eigenvalue weighted by atomic mass is 19.4. The van der Waals surface area contributed by atoms with E-state index in [1.54, 1.807) is 24.3 Å². The van der Waals surface area contributed by atoms with Crippen LogP contribution in [0, 0.1) is 17.8 Å². The van der Waals surface area contributed by atoms with Crippen molar-refractivity contribution < 1.29 is 22.7 Å². The number of nitrogens with zero attached hydrogens (tertiary/aromatic N) is 2. The number of rotatable bonds is 4. The van der Waals surface area contributed by atoms with Crippen LogP contribution in [-0.2, 0) is 0 Å². The molecule has 2 aromatic rings. The number of ether oxygens (including phenoxy) is 1. The molecule has 3 aliphatic carbocycles. The molecule has 6 atom stereocenters. The maximum absolute atomic E-state index is 14.1. The van der Waals surface area contributed by atoms with Crippen LogP contribution in [0.25, 0.3) is 0 Å². The first-order valence-corrected chi connectivity index (χ1v) is 12.6. The van der Waals surface area contributed by atoms with Gasteiger partial charge in [0.1, 0.15) is 17.1 Å². The fourth-order valence-electron chi connectivity index (χ4n) is 7.42. The Morgan fingerprint density at radius 2 is 2.03 bits per heavy atom. The Balaban J connectivity index is 1.31. The molecule has 35 heavy (non-hydrogen) atoms. The maximum Gasteiger partial charge on any atom is 0.410 e. The van der Waals surface area contributed by atoms with Gasteiger partial charge in [-0.05, 0) is 61.1 Å². The Kier molecular flexibility index (Phi) is 5.30. The highest BCUT2D eigenvalue weighted by molar-refractivity contribution is 5.99. The van der Waals surface area contributed by atoms with E-state index in [0.29, 0.717) is 29.1 Å². The topological polar surface area (TPSA) is 68.2 Å². The van der Waals surface area contributed by atoms with Crippen LogP contribution in [0.2, 0.25) is 0 Å². The third kappa shape index (κ3) is 3.96. The van der Waals surface area contributed by atoms with E-state index in [1.165, 1.54) is 39.0 Å². The van der Waals surface area contributed by atoms with Crippen molar-refractivity contribution in [3.63, 3.8) is 0 Å². The smallest absolute Gasteiger partial charge is 0.410 e. The molecule has 0 spiro atoms. The van der Waals surface area contributed by atoms with Crippen LogP contribution < -0.4 is 15.4 Å². The van der Waals surface area contributed by atoms with E-state index < -0.39 is 18.3 Å². The summed E-state index contributed by atoms with van der Waals surface area (Å²) in [5.41, 5.74) is 0.615. The van der Waals surface area contributed by atoms with E-state index in [0.717, 1.165) is 23.9 Å². The molecule has 3 fully saturated rings. The van der Waals surface area contributed by atoms with Gasteiger partial charge >= 0.3 is 6.18 Å². The predicted octanol–water partition coefficient (Wildman–Crippen LogP) is 5.64. The zero-order valence-corrected chi connectivity index (χ0v) is 19.8. The van der Waals surface area contributed by atoms with Gasteiger partial charge in [-0.3, -0.25) is 4.79 Å². The van der Waals surface area contributed by atoms with Crippen LogP contribution in [0.15, 0.2) is 30.5 Å². The van der Waals surface area contributed by atoms with Gasteiger partial charge < -0.3 is 15.4 Å². The number of hydrogen-bond acceptors (Lipinski definition) is 4. The Morgan fingerprint density at radius 1 is 1.20 bits per heavy atom. The molecule has 6 nitrogen and oxygen atoms in total. The molecule has 0 saturated heterocycles. The predicted molar refractivity (Wildman–Crippen MR) is 124 cm³/mol. The van der Waals surface area contributed by atoms with E-state index in [2.05, 4.69) is 15.7 Å². The fraction of sp³-hybridized carbons (Fsp3) is 0.615. The van der Waals surface area contributed by atoms with Crippen molar-refractivity contribution in [1.82, 2.24) is 15.1 Å².